The van der Waals surface area contributed by atoms with Crippen LogP contribution in [0.5, 0.6) is 0 Å². The molecular weight excluding hydrogens is 322 g/mol. The van der Waals surface area contributed by atoms with Crippen LogP contribution in [0.15, 0.2) is 53.9 Å². The van der Waals surface area contributed by atoms with Crippen molar-refractivity contribution >= 4 is 39.2 Å². The first-order chi connectivity index (χ1) is 10.4. The van der Waals surface area contributed by atoms with E-state index in [4.69, 9.17) is 11.6 Å². The summed E-state index contributed by atoms with van der Waals surface area (Å²) in [6.45, 7) is 1.40. The van der Waals surface area contributed by atoms with Crippen molar-refractivity contribution in [1.82, 2.24) is 0 Å². The summed E-state index contributed by atoms with van der Waals surface area (Å²) in [5.41, 5.74) is 1.43. The summed E-state index contributed by atoms with van der Waals surface area (Å²) in [6.07, 6.45) is 1.49. The molecule has 0 saturated carbocycles. The maximum absolute atomic E-state index is 12.0. The number of benzene rings is 2. The molecule has 0 radical (unpaired) electrons. The third kappa shape index (κ3) is 4.44. The van der Waals surface area contributed by atoms with E-state index in [1.54, 1.807) is 12.1 Å². The normalized spacial score (nSPS) is 11.5. The van der Waals surface area contributed by atoms with Crippen molar-refractivity contribution in [3.05, 3.63) is 70.1 Å². The predicted molar refractivity (Wildman–Crippen MR) is 89.5 cm³/mol. The van der Waals surface area contributed by atoms with Gasteiger partial charge in [0.25, 0.3) is 10.0 Å². The number of halogens is 1. The van der Waals surface area contributed by atoms with Crippen molar-refractivity contribution in [3.63, 3.8) is 0 Å². The van der Waals surface area contributed by atoms with Gasteiger partial charge in [0.05, 0.1) is 16.1 Å². The Morgan fingerprint density at radius 1 is 1.14 bits per heavy atom. The Balaban J connectivity index is 2.17. The van der Waals surface area contributed by atoms with Crippen molar-refractivity contribution in [2.45, 2.75) is 6.92 Å². The second-order valence-electron chi connectivity index (χ2n) is 4.61. The molecule has 114 valence electrons. The quantitative estimate of drug-likeness (QED) is 0.841. The second kappa shape index (κ2) is 6.77. The first kappa shape index (κ1) is 16.3. The van der Waals surface area contributed by atoms with Crippen LogP contribution in [0, 0.1) is 0 Å². The number of ketones is 1. The fourth-order valence-corrected chi connectivity index (χ4v) is 2.97. The second-order valence-corrected chi connectivity index (χ2v) is 6.58. The van der Waals surface area contributed by atoms with E-state index in [-0.39, 0.29) is 10.8 Å². The summed E-state index contributed by atoms with van der Waals surface area (Å²) in [7, 11) is -3.66. The minimum absolute atomic E-state index is 0.177. The smallest absolute Gasteiger partial charge is 0.255 e. The lowest BCUT2D eigenvalue weighted by molar-refractivity contribution is 0.101. The number of nitrogens with one attached hydrogen (secondary N) is 1. The Morgan fingerprint density at radius 2 is 1.82 bits per heavy atom. The van der Waals surface area contributed by atoms with Gasteiger partial charge in [-0.3, -0.25) is 9.52 Å². The standard InChI is InChI=1S/C16H14ClNO3S/c1-12(19)15-8-7-14(11-16(15)17)18-22(20,21)10-9-13-5-3-2-4-6-13/h2-11,18H,1H3. The summed E-state index contributed by atoms with van der Waals surface area (Å²) >= 11 is 5.95. The highest BCUT2D eigenvalue weighted by atomic mass is 35.5. The average Bonchev–Trinajstić information content (AvgIpc) is 2.45. The molecule has 4 nitrogen and oxygen atoms in total. The van der Waals surface area contributed by atoms with E-state index in [1.807, 2.05) is 18.2 Å². The lowest BCUT2D eigenvalue weighted by atomic mass is 10.1. The van der Waals surface area contributed by atoms with Gasteiger partial charge in [-0.25, -0.2) is 8.42 Å². The molecule has 0 aliphatic carbocycles. The van der Waals surface area contributed by atoms with Gasteiger partial charge < -0.3 is 0 Å². The first-order valence-electron chi connectivity index (χ1n) is 6.44. The number of hydrogen-bond donors (Lipinski definition) is 1. The van der Waals surface area contributed by atoms with Gasteiger partial charge >= 0.3 is 0 Å². The number of hydrogen-bond acceptors (Lipinski definition) is 3. The summed E-state index contributed by atoms with van der Waals surface area (Å²) in [6, 6.07) is 13.5. The van der Waals surface area contributed by atoms with Crippen molar-refractivity contribution in [2.75, 3.05) is 4.72 Å². The summed E-state index contributed by atoms with van der Waals surface area (Å²) in [5.74, 6) is -0.177. The van der Waals surface area contributed by atoms with E-state index in [9.17, 15) is 13.2 Å². The highest BCUT2D eigenvalue weighted by molar-refractivity contribution is 7.95. The Morgan fingerprint density at radius 3 is 2.41 bits per heavy atom. The molecule has 0 spiro atoms. The van der Waals surface area contributed by atoms with E-state index >= 15 is 0 Å². The number of Topliss-reactive ketones (excluding diaryl/α,β-unsaturated/α-hetero) is 1. The van der Waals surface area contributed by atoms with Crippen LogP contribution in [0.4, 0.5) is 5.69 Å². The van der Waals surface area contributed by atoms with Crippen molar-refractivity contribution in [1.29, 1.82) is 0 Å². The van der Waals surface area contributed by atoms with Gasteiger partial charge in [0.1, 0.15) is 0 Å². The molecule has 0 fully saturated rings. The summed E-state index contributed by atoms with van der Waals surface area (Å²) in [5, 5.41) is 1.29. The molecule has 0 saturated heterocycles. The van der Waals surface area contributed by atoms with Crippen LogP contribution in [-0.2, 0) is 10.0 Å². The molecule has 0 aliphatic heterocycles. The van der Waals surface area contributed by atoms with Crippen molar-refractivity contribution in [2.24, 2.45) is 0 Å². The molecule has 2 aromatic rings. The topological polar surface area (TPSA) is 63.2 Å². The van der Waals surface area contributed by atoms with E-state index < -0.39 is 10.0 Å². The zero-order valence-corrected chi connectivity index (χ0v) is 13.4. The van der Waals surface area contributed by atoms with Crippen LogP contribution < -0.4 is 4.72 Å². The molecule has 2 aromatic carbocycles. The van der Waals surface area contributed by atoms with Gasteiger partial charge in [-0.05, 0) is 36.8 Å². The van der Waals surface area contributed by atoms with Crippen LogP contribution in [0.1, 0.15) is 22.8 Å². The molecule has 0 unspecified atom stereocenters. The Bertz CT molecular complexity index is 815. The largest absolute Gasteiger partial charge is 0.294 e. The number of rotatable bonds is 5. The predicted octanol–water partition coefficient (Wildman–Crippen LogP) is 3.96. The molecule has 0 bridgehead atoms. The number of anilines is 1. The molecule has 1 N–H and O–H groups in total. The van der Waals surface area contributed by atoms with Gasteiger partial charge in [-0.2, -0.15) is 0 Å². The molecule has 0 atom stereocenters. The molecule has 22 heavy (non-hydrogen) atoms. The number of sulfonamides is 1. The van der Waals surface area contributed by atoms with E-state index in [0.717, 1.165) is 11.0 Å². The molecule has 0 aromatic heterocycles. The Hall–Kier alpha value is -2.11. The molecule has 2 rings (SSSR count). The van der Waals surface area contributed by atoms with E-state index in [2.05, 4.69) is 4.72 Å². The third-order valence-electron chi connectivity index (χ3n) is 2.85. The minimum Gasteiger partial charge on any atom is -0.294 e. The van der Waals surface area contributed by atoms with Gasteiger partial charge in [-0.1, -0.05) is 41.9 Å². The molecule has 0 aliphatic rings. The molecule has 0 heterocycles. The fourth-order valence-electron chi connectivity index (χ4n) is 1.79. The zero-order valence-electron chi connectivity index (χ0n) is 11.8. The number of carbonyl (C=O) groups excluding carboxylic acids is 1. The Labute approximate surface area is 134 Å². The van der Waals surface area contributed by atoms with Crippen molar-refractivity contribution in [3.8, 4) is 0 Å². The Kier molecular flexibility index (Phi) is 5.00. The van der Waals surface area contributed by atoms with Gasteiger partial charge in [-0.15, -0.1) is 0 Å². The lowest BCUT2D eigenvalue weighted by Crippen LogP contribution is -2.09. The fraction of sp³-hybridized carbons (Fsp3) is 0.0625. The zero-order chi connectivity index (χ0) is 16.2. The summed E-state index contributed by atoms with van der Waals surface area (Å²) in [4.78, 5) is 11.3. The van der Waals surface area contributed by atoms with E-state index in [1.165, 1.54) is 31.2 Å². The SMILES string of the molecule is CC(=O)c1ccc(NS(=O)(=O)C=Cc2ccccc2)cc1Cl. The molecule has 6 heteroatoms. The van der Waals surface area contributed by atoms with Crippen LogP contribution in [0.2, 0.25) is 5.02 Å². The monoisotopic (exact) mass is 335 g/mol. The van der Waals surface area contributed by atoms with Gasteiger partial charge in [0, 0.05) is 5.56 Å². The lowest BCUT2D eigenvalue weighted by Gasteiger charge is -2.07. The number of carbonyl (C=O) groups is 1. The van der Waals surface area contributed by atoms with Crippen LogP contribution >= 0.6 is 11.6 Å². The highest BCUT2D eigenvalue weighted by Gasteiger charge is 2.10. The van der Waals surface area contributed by atoms with Gasteiger partial charge in [0.15, 0.2) is 5.78 Å². The molecule has 0 amide bonds. The van der Waals surface area contributed by atoms with Gasteiger partial charge in [0.2, 0.25) is 0 Å². The minimum atomic E-state index is -3.66. The van der Waals surface area contributed by atoms with Crippen LogP contribution in [0.25, 0.3) is 6.08 Å². The first-order valence-corrected chi connectivity index (χ1v) is 8.36. The highest BCUT2D eigenvalue weighted by Crippen LogP contribution is 2.22. The average molecular weight is 336 g/mol. The maximum Gasteiger partial charge on any atom is 0.255 e. The third-order valence-corrected chi connectivity index (χ3v) is 4.18. The van der Waals surface area contributed by atoms with Crippen LogP contribution in [0.3, 0.4) is 0 Å². The maximum atomic E-state index is 12.0. The van der Waals surface area contributed by atoms with Crippen molar-refractivity contribution < 1.29 is 13.2 Å². The van der Waals surface area contributed by atoms with E-state index in [0.29, 0.717) is 11.3 Å². The molecular formula is C16H14ClNO3S. The summed E-state index contributed by atoms with van der Waals surface area (Å²) < 4.78 is 26.4. The van der Waals surface area contributed by atoms with Crippen LogP contribution in [-0.4, -0.2) is 14.2 Å².